The summed E-state index contributed by atoms with van der Waals surface area (Å²) in [6, 6.07) is 0. The van der Waals surface area contributed by atoms with Crippen LogP contribution in [0.1, 0.15) is 20.3 Å². The molecule has 0 unspecified atom stereocenters. The molecule has 22 heavy (non-hydrogen) atoms. The summed E-state index contributed by atoms with van der Waals surface area (Å²) in [6.45, 7) is 4.20. The van der Waals surface area contributed by atoms with Crippen LogP contribution >= 0.6 is 11.3 Å². The summed E-state index contributed by atoms with van der Waals surface area (Å²) in [6.07, 6.45) is 0.566. The summed E-state index contributed by atoms with van der Waals surface area (Å²) in [4.78, 5) is 24.0. The van der Waals surface area contributed by atoms with Crippen LogP contribution in [0.25, 0.3) is 0 Å². The molecular formula is C11H17N5O4S2. The lowest BCUT2D eigenvalue weighted by Crippen LogP contribution is -2.36. The fourth-order valence-electron chi connectivity index (χ4n) is 2.07. The van der Waals surface area contributed by atoms with Gasteiger partial charge in [-0.1, -0.05) is 11.3 Å². The van der Waals surface area contributed by atoms with Crippen LogP contribution in [0.4, 0.5) is 5.13 Å². The first-order chi connectivity index (χ1) is 10.3. The standard InChI is InChI=1S/C11H17N5O4S2/c1-8(17)12-10-13-14-11(21-10)22(19,20)16-5-3-4-15(6-7-16)9(2)18/h3-7H2,1-2H3,(H,12,13,17). The summed E-state index contributed by atoms with van der Waals surface area (Å²) in [5.74, 6) is -0.407. The van der Waals surface area contributed by atoms with Crippen molar-refractivity contribution in [2.45, 2.75) is 24.6 Å². The number of hydrogen-bond donors (Lipinski definition) is 1. The molecule has 0 aromatic carbocycles. The third-order valence-corrected chi connectivity index (χ3v) is 6.23. The average Bonchev–Trinajstić information content (AvgIpc) is 2.74. The molecule has 0 spiro atoms. The van der Waals surface area contributed by atoms with Crippen molar-refractivity contribution in [3.8, 4) is 0 Å². The zero-order chi connectivity index (χ0) is 16.3. The van der Waals surface area contributed by atoms with Gasteiger partial charge in [-0.2, -0.15) is 4.31 Å². The molecule has 2 heterocycles. The minimum Gasteiger partial charge on any atom is -0.342 e. The highest BCUT2D eigenvalue weighted by molar-refractivity contribution is 7.91. The molecule has 0 bridgehead atoms. The Morgan fingerprint density at radius 1 is 1.14 bits per heavy atom. The number of aromatic nitrogens is 2. The van der Waals surface area contributed by atoms with Gasteiger partial charge in [-0.25, -0.2) is 8.42 Å². The van der Waals surface area contributed by atoms with Gasteiger partial charge in [0.05, 0.1) is 0 Å². The third kappa shape index (κ3) is 3.78. The molecule has 1 N–H and O–H groups in total. The molecule has 9 nitrogen and oxygen atoms in total. The molecule has 1 saturated heterocycles. The van der Waals surface area contributed by atoms with Gasteiger partial charge >= 0.3 is 0 Å². The topological polar surface area (TPSA) is 113 Å². The molecule has 1 aliphatic heterocycles. The molecule has 0 aliphatic carbocycles. The van der Waals surface area contributed by atoms with E-state index < -0.39 is 10.0 Å². The van der Waals surface area contributed by atoms with Crippen LogP contribution in [0.2, 0.25) is 0 Å². The van der Waals surface area contributed by atoms with Crippen molar-refractivity contribution >= 4 is 38.3 Å². The number of nitrogens with zero attached hydrogens (tertiary/aromatic N) is 4. The van der Waals surface area contributed by atoms with Crippen LogP contribution in [-0.2, 0) is 19.6 Å². The Morgan fingerprint density at radius 2 is 1.86 bits per heavy atom. The summed E-state index contributed by atoms with van der Waals surface area (Å²) >= 11 is 0.811. The Labute approximate surface area is 132 Å². The second-order valence-corrected chi connectivity index (χ2v) is 7.91. The monoisotopic (exact) mass is 347 g/mol. The number of carbonyl (C=O) groups is 2. The summed E-state index contributed by atoms with van der Waals surface area (Å²) in [5, 5.41) is 9.84. The van der Waals surface area contributed by atoms with E-state index in [1.807, 2.05) is 0 Å². The van der Waals surface area contributed by atoms with Crippen molar-refractivity contribution in [2.24, 2.45) is 0 Å². The summed E-state index contributed by atoms with van der Waals surface area (Å²) in [7, 11) is -3.76. The van der Waals surface area contributed by atoms with E-state index in [-0.39, 0.29) is 27.8 Å². The van der Waals surface area contributed by atoms with Gasteiger partial charge < -0.3 is 10.2 Å². The first-order valence-electron chi connectivity index (χ1n) is 6.67. The predicted octanol–water partition coefficient (Wildman–Crippen LogP) is -0.261. The van der Waals surface area contributed by atoms with E-state index in [1.165, 1.54) is 18.2 Å². The number of sulfonamides is 1. The number of rotatable bonds is 3. The highest BCUT2D eigenvalue weighted by Gasteiger charge is 2.30. The molecule has 0 radical (unpaired) electrons. The molecule has 1 fully saturated rings. The second kappa shape index (κ2) is 6.67. The molecule has 122 valence electrons. The van der Waals surface area contributed by atoms with Crippen molar-refractivity contribution in [3.05, 3.63) is 0 Å². The van der Waals surface area contributed by atoms with Crippen molar-refractivity contribution in [3.63, 3.8) is 0 Å². The van der Waals surface area contributed by atoms with Gasteiger partial charge in [0, 0.05) is 40.0 Å². The van der Waals surface area contributed by atoms with Gasteiger partial charge in [0.15, 0.2) is 0 Å². The second-order valence-electron chi connectivity index (χ2n) is 4.82. The fourth-order valence-corrected chi connectivity index (χ4v) is 4.63. The van der Waals surface area contributed by atoms with Gasteiger partial charge in [-0.3, -0.25) is 9.59 Å². The van der Waals surface area contributed by atoms with E-state index in [4.69, 9.17) is 0 Å². The SMILES string of the molecule is CC(=O)Nc1nnc(S(=O)(=O)N2CCCN(C(C)=O)CC2)s1. The maximum absolute atomic E-state index is 12.5. The largest absolute Gasteiger partial charge is 0.342 e. The minimum absolute atomic E-state index is 0.0666. The van der Waals surface area contributed by atoms with Crippen LogP contribution in [0.3, 0.4) is 0 Å². The van der Waals surface area contributed by atoms with Gasteiger partial charge in [0.25, 0.3) is 10.0 Å². The van der Waals surface area contributed by atoms with E-state index >= 15 is 0 Å². The van der Waals surface area contributed by atoms with Gasteiger partial charge in [-0.15, -0.1) is 10.2 Å². The van der Waals surface area contributed by atoms with E-state index in [0.717, 1.165) is 11.3 Å². The minimum atomic E-state index is -3.76. The van der Waals surface area contributed by atoms with E-state index in [0.29, 0.717) is 26.1 Å². The number of nitrogens with one attached hydrogen (secondary N) is 1. The highest BCUT2D eigenvalue weighted by Crippen LogP contribution is 2.24. The first-order valence-corrected chi connectivity index (χ1v) is 8.93. The van der Waals surface area contributed by atoms with E-state index in [2.05, 4.69) is 15.5 Å². The van der Waals surface area contributed by atoms with Crippen molar-refractivity contribution in [1.82, 2.24) is 19.4 Å². The first kappa shape index (κ1) is 16.8. The molecule has 11 heteroatoms. The quantitative estimate of drug-likeness (QED) is 0.754. The number of amides is 2. The molecule has 1 aliphatic rings. The van der Waals surface area contributed by atoms with Crippen LogP contribution in [0, 0.1) is 0 Å². The summed E-state index contributed by atoms with van der Waals surface area (Å²) in [5.41, 5.74) is 0. The number of carbonyl (C=O) groups excluding carboxylic acids is 2. The van der Waals surface area contributed by atoms with E-state index in [1.54, 1.807) is 4.90 Å². The molecule has 0 atom stereocenters. The Hall–Kier alpha value is -1.59. The Morgan fingerprint density at radius 3 is 2.50 bits per heavy atom. The predicted molar refractivity (Wildman–Crippen MR) is 79.8 cm³/mol. The highest BCUT2D eigenvalue weighted by atomic mass is 32.2. The van der Waals surface area contributed by atoms with Crippen LogP contribution < -0.4 is 5.32 Å². The molecule has 1 aromatic heterocycles. The Bertz CT molecular complexity index is 672. The van der Waals surface area contributed by atoms with Gasteiger partial charge in [0.2, 0.25) is 21.3 Å². The fraction of sp³-hybridized carbons (Fsp3) is 0.636. The molecule has 1 aromatic rings. The molecule has 0 saturated carbocycles. The van der Waals surface area contributed by atoms with Crippen molar-refractivity contribution < 1.29 is 18.0 Å². The normalized spacial score (nSPS) is 17.1. The van der Waals surface area contributed by atoms with Gasteiger partial charge in [0.1, 0.15) is 0 Å². The molecule has 2 amide bonds. The van der Waals surface area contributed by atoms with Crippen molar-refractivity contribution in [2.75, 3.05) is 31.5 Å². The number of hydrogen-bond acceptors (Lipinski definition) is 7. The van der Waals surface area contributed by atoms with Crippen LogP contribution in [0.15, 0.2) is 4.34 Å². The van der Waals surface area contributed by atoms with E-state index in [9.17, 15) is 18.0 Å². The lowest BCUT2D eigenvalue weighted by molar-refractivity contribution is -0.128. The third-order valence-electron chi connectivity index (χ3n) is 3.15. The van der Waals surface area contributed by atoms with Crippen molar-refractivity contribution in [1.29, 1.82) is 0 Å². The lowest BCUT2D eigenvalue weighted by Gasteiger charge is -2.19. The van der Waals surface area contributed by atoms with Crippen LogP contribution in [0.5, 0.6) is 0 Å². The smallest absolute Gasteiger partial charge is 0.272 e. The molecular weight excluding hydrogens is 330 g/mol. The summed E-state index contributed by atoms with van der Waals surface area (Å²) < 4.78 is 26.2. The zero-order valence-electron chi connectivity index (χ0n) is 12.3. The Kier molecular flexibility index (Phi) is 5.08. The Balaban J connectivity index is 2.14. The maximum Gasteiger partial charge on any atom is 0.272 e. The number of anilines is 1. The van der Waals surface area contributed by atoms with Gasteiger partial charge in [-0.05, 0) is 6.42 Å². The van der Waals surface area contributed by atoms with Crippen LogP contribution in [-0.4, -0.2) is 65.8 Å². The lowest BCUT2D eigenvalue weighted by atomic mass is 10.4. The zero-order valence-corrected chi connectivity index (χ0v) is 13.9. The molecule has 2 rings (SSSR count). The maximum atomic E-state index is 12.5. The average molecular weight is 347 g/mol.